The summed E-state index contributed by atoms with van der Waals surface area (Å²) in [5.41, 5.74) is 1.82. The van der Waals surface area contributed by atoms with Gasteiger partial charge in [0.1, 0.15) is 5.75 Å². The number of amides is 1. The molecule has 0 aliphatic carbocycles. The fourth-order valence-corrected chi connectivity index (χ4v) is 3.48. The van der Waals surface area contributed by atoms with Gasteiger partial charge in [-0.05, 0) is 61.6 Å². The second kappa shape index (κ2) is 12.8. The third kappa shape index (κ3) is 7.74. The number of nitrogens with zero attached hydrogens (tertiary/aromatic N) is 2. The van der Waals surface area contributed by atoms with Gasteiger partial charge >= 0.3 is 0 Å². The van der Waals surface area contributed by atoms with Gasteiger partial charge in [0.2, 0.25) is 5.91 Å². The molecule has 0 aliphatic heterocycles. The number of hydrogen-bond donors (Lipinski definition) is 1. The summed E-state index contributed by atoms with van der Waals surface area (Å²) in [5, 5.41) is 4.01. The number of carbonyl (C=O) groups is 1. The van der Waals surface area contributed by atoms with Crippen molar-refractivity contribution in [1.29, 1.82) is 0 Å². The van der Waals surface area contributed by atoms with E-state index in [4.69, 9.17) is 7.48 Å². The van der Waals surface area contributed by atoms with Crippen LogP contribution in [0.4, 0.5) is 0 Å². The van der Waals surface area contributed by atoms with E-state index in [-0.39, 0.29) is 0 Å². The van der Waals surface area contributed by atoms with E-state index in [0.29, 0.717) is 12.1 Å². The Balaban J connectivity index is 1.32. The maximum Gasteiger partial charge on any atom is 0.220 e. The lowest BCUT2D eigenvalue weighted by atomic mass is 10.1. The molecule has 3 aromatic rings. The highest BCUT2D eigenvalue weighted by Gasteiger charge is 2.04. The summed E-state index contributed by atoms with van der Waals surface area (Å²) in [5.74, 6) is 0.540. The molecule has 0 aliphatic rings. The summed E-state index contributed by atoms with van der Waals surface area (Å²) in [6.45, 7) is 4.43. The van der Waals surface area contributed by atoms with E-state index in [0.717, 1.165) is 57.4 Å². The predicted octanol–water partition coefficient (Wildman–Crippen LogP) is 5.52. The monoisotopic (exact) mass is 423 g/mol. The van der Waals surface area contributed by atoms with Crippen molar-refractivity contribution in [3.8, 4) is 5.75 Å². The molecule has 1 aromatic carbocycles. The molecule has 0 bridgehead atoms. The zero-order chi connectivity index (χ0) is 23.5. The molecule has 3 rings (SSSR count). The van der Waals surface area contributed by atoms with Gasteiger partial charge in [0.15, 0.2) is 0 Å². The van der Waals surface area contributed by atoms with Crippen LogP contribution in [0.1, 0.15) is 60.2 Å². The molecule has 2 unspecified atom stereocenters. The fourth-order valence-electron chi connectivity index (χ4n) is 3.48. The first-order chi connectivity index (χ1) is 16.1. The molecule has 2 aromatic heterocycles. The minimum atomic E-state index is -1.14. The van der Waals surface area contributed by atoms with E-state index in [1.165, 1.54) is 10.9 Å². The van der Waals surface area contributed by atoms with E-state index >= 15 is 0 Å². The van der Waals surface area contributed by atoms with Gasteiger partial charge in [0, 0.05) is 51.7 Å². The van der Waals surface area contributed by atoms with E-state index < -0.39 is 18.7 Å². The summed E-state index contributed by atoms with van der Waals surface area (Å²) < 4.78 is 24.2. The van der Waals surface area contributed by atoms with Gasteiger partial charge < -0.3 is 14.6 Å². The molecule has 31 heavy (non-hydrogen) atoms. The maximum atomic E-state index is 12.2. The van der Waals surface area contributed by atoms with Gasteiger partial charge in [0.25, 0.3) is 0 Å². The van der Waals surface area contributed by atoms with Crippen LogP contribution in [0.2, 0.25) is 0 Å². The normalized spacial score (nSPS) is 14.0. The van der Waals surface area contributed by atoms with Crippen LogP contribution >= 0.6 is 0 Å². The number of pyridine rings is 1. The molecule has 0 fully saturated rings. The number of ether oxygens (including phenoxy) is 1. The van der Waals surface area contributed by atoms with Crippen LogP contribution in [0.15, 0.2) is 55.0 Å². The number of fused-ring (bicyclic) bond motifs is 1. The standard InChI is InChI=1S/C26H35N3O2/c1-2-3-19-31-24-11-12-25-23(20-24)14-18-29(25)17-7-5-4-6-16-28-26(30)13-10-22-9-8-15-27-21-22/h8-9,11-12,14-15,18,20-21H,2-7,10,13,16-17,19H2,1H3,(H,28,30)/i10D,13D. The molecule has 2 heterocycles. The van der Waals surface area contributed by atoms with Crippen LogP contribution in [0.5, 0.6) is 5.75 Å². The largest absolute Gasteiger partial charge is 0.494 e. The number of aryl methyl sites for hydroxylation is 2. The van der Waals surface area contributed by atoms with Crippen LogP contribution in [-0.4, -0.2) is 28.6 Å². The third-order valence-electron chi connectivity index (χ3n) is 5.25. The number of carbonyl (C=O) groups excluding carboxylic acids is 1. The van der Waals surface area contributed by atoms with Crippen molar-refractivity contribution in [1.82, 2.24) is 14.9 Å². The molecule has 0 spiro atoms. The third-order valence-corrected chi connectivity index (χ3v) is 5.25. The van der Waals surface area contributed by atoms with Crippen LogP contribution in [0, 0.1) is 0 Å². The Labute approximate surface area is 188 Å². The zero-order valence-corrected chi connectivity index (χ0v) is 18.4. The summed E-state index contributed by atoms with van der Waals surface area (Å²) in [6, 6.07) is 11.9. The highest BCUT2D eigenvalue weighted by atomic mass is 16.5. The Kier molecular flexibility index (Phi) is 8.29. The Bertz CT molecular complexity index is 994. The number of unbranched alkanes of at least 4 members (excludes halogenated alkanes) is 4. The Morgan fingerprint density at radius 1 is 1.16 bits per heavy atom. The maximum absolute atomic E-state index is 12.2. The first-order valence-electron chi connectivity index (χ1n) is 12.5. The minimum absolute atomic E-state index is 0.393. The van der Waals surface area contributed by atoms with Gasteiger partial charge in [-0.1, -0.05) is 32.3 Å². The molecule has 2 atom stereocenters. The fraction of sp³-hybridized carbons (Fsp3) is 0.462. The highest BCUT2D eigenvalue weighted by molar-refractivity contribution is 5.81. The average Bonchev–Trinajstić information content (AvgIpc) is 3.25. The lowest BCUT2D eigenvalue weighted by molar-refractivity contribution is -0.121. The summed E-state index contributed by atoms with van der Waals surface area (Å²) in [6.07, 6.45) is 9.48. The lowest BCUT2D eigenvalue weighted by Gasteiger charge is -2.08. The van der Waals surface area contributed by atoms with E-state index in [1.54, 1.807) is 24.5 Å². The zero-order valence-electron chi connectivity index (χ0n) is 20.4. The molecule has 0 saturated heterocycles. The van der Waals surface area contributed by atoms with Crippen molar-refractivity contribution >= 4 is 16.8 Å². The second-order valence-corrected chi connectivity index (χ2v) is 7.76. The van der Waals surface area contributed by atoms with Gasteiger partial charge in [-0.3, -0.25) is 9.78 Å². The highest BCUT2D eigenvalue weighted by Crippen LogP contribution is 2.23. The second-order valence-electron chi connectivity index (χ2n) is 7.76. The van der Waals surface area contributed by atoms with Gasteiger partial charge in [-0.2, -0.15) is 0 Å². The average molecular weight is 424 g/mol. The molecule has 5 nitrogen and oxygen atoms in total. The van der Waals surface area contributed by atoms with Crippen molar-refractivity contribution in [2.45, 2.75) is 64.8 Å². The van der Waals surface area contributed by atoms with Crippen LogP contribution in [0.3, 0.4) is 0 Å². The van der Waals surface area contributed by atoms with Crippen LogP contribution in [-0.2, 0) is 17.7 Å². The first-order valence-corrected chi connectivity index (χ1v) is 11.3. The van der Waals surface area contributed by atoms with Gasteiger partial charge in [-0.15, -0.1) is 0 Å². The number of aromatic nitrogens is 2. The molecule has 166 valence electrons. The van der Waals surface area contributed by atoms with Crippen molar-refractivity contribution in [2.75, 3.05) is 13.2 Å². The molecule has 5 heteroatoms. The SMILES string of the molecule is [2H]C(C(=O)NCCCCCCn1ccc2cc(OCCCC)ccc21)C([2H])c1cccnc1. The molecule has 0 radical (unpaired) electrons. The van der Waals surface area contributed by atoms with E-state index in [2.05, 4.69) is 46.2 Å². The number of benzene rings is 1. The molecule has 1 amide bonds. The van der Waals surface area contributed by atoms with Crippen molar-refractivity contribution < 1.29 is 12.3 Å². The Morgan fingerprint density at radius 2 is 2.06 bits per heavy atom. The van der Waals surface area contributed by atoms with E-state index in [1.807, 2.05) is 6.07 Å². The molecular weight excluding hydrogens is 386 g/mol. The van der Waals surface area contributed by atoms with Crippen molar-refractivity contribution in [3.05, 3.63) is 60.6 Å². The smallest absolute Gasteiger partial charge is 0.220 e. The molecule has 1 N–H and O–H groups in total. The number of hydrogen-bond acceptors (Lipinski definition) is 3. The summed E-state index contributed by atoms with van der Waals surface area (Å²) in [7, 11) is 0. The molecular formula is C26H35N3O2. The number of nitrogens with one attached hydrogen (secondary N) is 1. The minimum Gasteiger partial charge on any atom is -0.494 e. The Morgan fingerprint density at radius 3 is 2.90 bits per heavy atom. The van der Waals surface area contributed by atoms with Gasteiger partial charge in [-0.25, -0.2) is 0 Å². The van der Waals surface area contributed by atoms with Crippen molar-refractivity contribution in [3.63, 3.8) is 0 Å². The van der Waals surface area contributed by atoms with Crippen LogP contribution in [0.25, 0.3) is 10.9 Å². The first kappa shape index (κ1) is 20.1. The van der Waals surface area contributed by atoms with Gasteiger partial charge in [0.05, 0.1) is 6.61 Å². The Hall–Kier alpha value is -2.82. The lowest BCUT2D eigenvalue weighted by Crippen LogP contribution is -2.24. The summed E-state index contributed by atoms with van der Waals surface area (Å²) >= 11 is 0. The topological polar surface area (TPSA) is 56.2 Å². The quantitative estimate of drug-likeness (QED) is 0.347. The van der Waals surface area contributed by atoms with Crippen molar-refractivity contribution in [2.24, 2.45) is 0 Å². The summed E-state index contributed by atoms with van der Waals surface area (Å²) in [4.78, 5) is 16.1. The van der Waals surface area contributed by atoms with Crippen LogP contribution < -0.4 is 10.1 Å². The predicted molar refractivity (Wildman–Crippen MR) is 126 cm³/mol. The molecule has 0 saturated carbocycles. The van der Waals surface area contributed by atoms with E-state index in [9.17, 15) is 4.79 Å². The number of rotatable bonds is 14.